The summed E-state index contributed by atoms with van der Waals surface area (Å²) in [6.07, 6.45) is 0. The van der Waals surface area contributed by atoms with Gasteiger partial charge in [-0.15, -0.1) is 0 Å². The molecular formula is C102H70N10Si2. The highest BCUT2D eigenvalue weighted by Gasteiger charge is 2.43. The first-order valence-electron chi connectivity index (χ1n) is 54.5. The van der Waals surface area contributed by atoms with Crippen LogP contribution in [0.1, 0.15) is 52.1 Å². The van der Waals surface area contributed by atoms with E-state index in [9.17, 15) is 15.1 Å². The van der Waals surface area contributed by atoms with Gasteiger partial charge in [0.2, 0.25) is 23.8 Å². The van der Waals surface area contributed by atoms with Gasteiger partial charge in [-0.1, -0.05) is 375 Å². The van der Waals surface area contributed by atoms with Crippen LogP contribution in [0.25, 0.3) is 134 Å². The van der Waals surface area contributed by atoms with Crippen LogP contribution >= 0.6 is 0 Å². The predicted octanol–water partition coefficient (Wildman–Crippen LogP) is 18.2. The molecule has 0 saturated heterocycles. The molecule has 0 spiro atoms. The van der Waals surface area contributed by atoms with Crippen LogP contribution < -0.4 is 41.5 Å². The van der Waals surface area contributed by atoms with Crippen molar-refractivity contribution in [3.8, 4) is 46.6 Å². The molecule has 0 aliphatic heterocycles. The van der Waals surface area contributed by atoms with E-state index < -0.39 is 264 Å². The largest absolute Gasteiger partial charge is 0.278 e. The lowest BCUT2D eigenvalue weighted by molar-refractivity contribution is 0.892. The van der Waals surface area contributed by atoms with E-state index in [0.717, 1.165) is 34.4 Å². The smallest absolute Gasteiger partial charge is 0.240 e. The zero-order chi connectivity index (χ0) is 109. The Bertz CT molecular complexity index is 9190. The topological polar surface area (TPSA) is 97.1 Å². The maximum atomic E-state index is 9.52. The van der Waals surface area contributed by atoms with E-state index in [1.165, 1.54) is 28.8 Å². The van der Waals surface area contributed by atoms with Gasteiger partial charge in [0.05, 0.1) is 96.2 Å². The van der Waals surface area contributed by atoms with Crippen molar-refractivity contribution in [3.05, 3.63) is 424 Å². The van der Waals surface area contributed by atoms with E-state index in [1.807, 2.05) is 72.8 Å². The second-order valence-electron chi connectivity index (χ2n) is 26.1. The average Bonchev–Trinajstić information content (AvgIpc) is 1.16. The summed E-state index contributed by atoms with van der Waals surface area (Å²) in [7, 11) is -8.16. The van der Waals surface area contributed by atoms with Gasteiger partial charge in [-0.2, -0.15) is 29.9 Å². The zero-order valence-corrected chi connectivity index (χ0v) is 60.9. The molecule has 12 heteroatoms. The van der Waals surface area contributed by atoms with Gasteiger partial charge in [0.1, 0.15) is 0 Å². The molecule has 22 aromatic rings. The molecule has 0 fully saturated rings. The molecule has 0 amide bonds. The molecule has 10 nitrogen and oxygen atoms in total. The fraction of sp³-hybridized carbons (Fsp3) is 0. The number of rotatable bonds is 14. The van der Waals surface area contributed by atoms with Gasteiger partial charge < -0.3 is 0 Å². The molecule has 6 heterocycles. The zero-order valence-electron chi connectivity index (χ0n) is 96.9. The monoisotopic (exact) mass is 1530 g/mol. The molecule has 0 aliphatic rings. The second-order valence-corrected chi connectivity index (χ2v) is 33.5. The Morgan fingerprint density at radius 3 is 0.728 bits per heavy atom. The third-order valence-corrected chi connectivity index (χ3v) is 29.3. The van der Waals surface area contributed by atoms with Crippen molar-refractivity contribution in [2.24, 2.45) is 0 Å². The summed E-state index contributed by atoms with van der Waals surface area (Å²) in [4.78, 5) is 29.5. The summed E-state index contributed by atoms with van der Waals surface area (Å²) in [5.74, 6) is -2.31. The fourth-order valence-electron chi connectivity index (χ4n) is 15.4. The number of aromatic nitrogens is 10. The van der Waals surface area contributed by atoms with Crippen LogP contribution in [-0.4, -0.2) is 64.3 Å². The number of nitrogens with zero attached hydrogens (tertiary/aromatic N) is 10. The summed E-state index contributed by atoms with van der Waals surface area (Å²) in [5, 5.41) is 2.20. The van der Waals surface area contributed by atoms with Gasteiger partial charge in [0.15, 0.2) is 27.8 Å². The number of hydrogen-bond acceptors (Lipinski definition) is 6. The minimum atomic E-state index is -4.90. The molecule has 0 saturated carbocycles. The molecule has 0 aliphatic carbocycles. The molecule has 22 rings (SSSR count). The van der Waals surface area contributed by atoms with Gasteiger partial charge in [0.25, 0.3) is 0 Å². The van der Waals surface area contributed by atoms with Crippen LogP contribution in [-0.2, 0) is 0 Å². The third kappa shape index (κ3) is 11.1. The first kappa shape index (κ1) is 38.7. The van der Waals surface area contributed by atoms with Crippen LogP contribution in [0, 0.1) is 0 Å². The first-order valence-corrected chi connectivity index (χ1v) is 39.5. The van der Waals surface area contributed by atoms with E-state index in [1.54, 1.807) is 60.7 Å². The SMILES string of the molecule is [2H]c1c([2H])c([2H])c([Si](c2ccccc2)(c2cccc(-c3nc(-n4c5ccccc5c5c([2H])c([2H])c([2H])c([2H])c54)nc(-n4c5c([2H])c([2H])c([2H])c([2H])c5c5c([2H])c([2H])c([2H])c([2H])c54)n3)c2)c2c([2H])c([2H])c([2H])c([2H])c2[2H])c([2H])c1[2H].[2H]c1c([2H])c([2H])c2c(c1[2H])c1c([2H])c([2H])c([2H])c([2H])c1n2-c1nc(-c2cccc([Si](c3ccccc3)(c3ccccc3)c3ccccc3)c2)nc(-n2c3c([2H])c([2H])c([2H])c([2H])c3c3c([2H])c([2H])c([2H])c([2H])c32)n1. The van der Waals surface area contributed by atoms with Crippen LogP contribution in [0.3, 0.4) is 0 Å². The summed E-state index contributed by atoms with van der Waals surface area (Å²) in [6.45, 7) is 0. The van der Waals surface area contributed by atoms with E-state index in [2.05, 4.69) is 36.4 Å². The van der Waals surface area contributed by atoms with Crippen molar-refractivity contribution >= 4 is 145 Å². The first-order chi connectivity index (χ1) is 72.3. The third-order valence-electron chi connectivity index (χ3n) is 20.1. The summed E-state index contributed by atoms with van der Waals surface area (Å²) in [6, 6.07) is 32.3. The molecule has 114 heavy (non-hydrogen) atoms. The Morgan fingerprint density at radius 1 is 0.184 bits per heavy atom. The molecular weight excluding hydrogens is 1420 g/mol. The van der Waals surface area contributed by atoms with Crippen molar-refractivity contribution in [1.82, 2.24) is 48.2 Å². The van der Waals surface area contributed by atoms with Crippen LogP contribution in [0.5, 0.6) is 0 Å². The maximum Gasteiger partial charge on any atom is 0.240 e. The number of fused-ring (bicyclic) bond motifs is 12. The summed E-state index contributed by atoms with van der Waals surface area (Å²) < 4.78 is 346. The average molecular weight is 1530 g/mol. The molecule has 16 aromatic carbocycles. The number of benzene rings is 16. The lowest BCUT2D eigenvalue weighted by Crippen LogP contribution is -2.74. The molecule has 0 bridgehead atoms. The summed E-state index contributed by atoms with van der Waals surface area (Å²) >= 11 is 0. The highest BCUT2D eigenvalue weighted by Crippen LogP contribution is 2.38. The van der Waals surface area contributed by atoms with Gasteiger partial charge in [-0.25, -0.2) is 0 Å². The van der Waals surface area contributed by atoms with Crippen molar-refractivity contribution in [3.63, 3.8) is 0 Å². The van der Waals surface area contributed by atoms with E-state index in [4.69, 9.17) is 66.9 Å². The van der Waals surface area contributed by atoms with Crippen LogP contribution in [0.4, 0.5) is 0 Å². The Balaban J connectivity index is 0.000000177. The van der Waals surface area contributed by atoms with Crippen LogP contribution in [0.15, 0.2) is 424 Å². The van der Waals surface area contributed by atoms with E-state index in [0.29, 0.717) is 10.9 Å². The van der Waals surface area contributed by atoms with Crippen molar-refractivity contribution in [1.29, 1.82) is 0 Å². The number of hydrogen-bond donors (Lipinski definition) is 0. The molecule has 6 aromatic heterocycles. The maximum absolute atomic E-state index is 9.52. The van der Waals surface area contributed by atoms with Crippen molar-refractivity contribution in [2.45, 2.75) is 0 Å². The second kappa shape index (κ2) is 28.2. The van der Waals surface area contributed by atoms with Crippen LogP contribution in [0.2, 0.25) is 0 Å². The van der Waals surface area contributed by atoms with Gasteiger partial charge >= 0.3 is 0 Å². The predicted molar refractivity (Wildman–Crippen MR) is 475 cm³/mol. The lowest BCUT2D eigenvalue weighted by Gasteiger charge is -2.34. The molecule has 0 unspecified atom stereocenters. The Kier molecular flexibility index (Phi) is 9.59. The molecule has 0 radical (unpaired) electrons. The molecule has 536 valence electrons. The van der Waals surface area contributed by atoms with E-state index in [-0.39, 0.29) is 126 Å². The normalized spacial score (nSPS) is 16.5. The Labute approximate surface area is 713 Å². The quantitative estimate of drug-likeness (QED) is 0.0795. The standard InChI is InChI=1S/2C51H35N5Si/c2*1-4-20-37(21-5-1)57(38-22-6-2-7-23-38,39-24-8-3-9-25-39)40-26-18-19-36(35-40)49-52-50(55-45-31-14-10-27-41(45)42-28-11-15-32-46(42)55)54-51(53-49)56-47-33-16-12-29-43(47)44-30-13-17-34-48(44)56/h2*1-35H/i1D,2D,4D,5D,6D,7D,10D,11D,12D,14D,15D,16D,20D,21D,22D,23D,27D,28D,29D,31D,32D,33D;10D,11D,12D,13D,14D,15D,16D,17D,27D,28D,29D,30D,31D,32D,33D,34D. The summed E-state index contributed by atoms with van der Waals surface area (Å²) in [5.41, 5.74) is -1.58. The Hall–Kier alpha value is -14.8. The van der Waals surface area contributed by atoms with Gasteiger partial charge in [-0.05, 0) is 89.9 Å². The highest BCUT2D eigenvalue weighted by molar-refractivity contribution is 7.20. The van der Waals surface area contributed by atoms with Gasteiger partial charge in [-0.3, -0.25) is 18.3 Å². The van der Waals surface area contributed by atoms with E-state index >= 15 is 0 Å². The number of para-hydroxylation sites is 8. The van der Waals surface area contributed by atoms with Gasteiger partial charge in [0, 0.05) is 54.2 Å². The van der Waals surface area contributed by atoms with Crippen molar-refractivity contribution < 1.29 is 52.1 Å². The minimum absolute atomic E-state index is 0.00202. The molecule has 0 atom stereocenters. The Morgan fingerprint density at radius 2 is 0.421 bits per heavy atom. The lowest BCUT2D eigenvalue weighted by atomic mass is 10.2. The fourth-order valence-corrected chi connectivity index (χ4v) is 24.3. The molecule has 0 N–H and O–H groups in total. The highest BCUT2D eigenvalue weighted by atomic mass is 28.3. The van der Waals surface area contributed by atoms with Crippen molar-refractivity contribution in [2.75, 3.05) is 0 Å². The minimum Gasteiger partial charge on any atom is -0.278 e.